The van der Waals surface area contributed by atoms with E-state index in [9.17, 15) is 22.4 Å². The van der Waals surface area contributed by atoms with E-state index in [2.05, 4.69) is 4.74 Å². The van der Waals surface area contributed by atoms with Crippen molar-refractivity contribution in [2.75, 3.05) is 0 Å². The number of allylic oxidation sites excluding steroid dienone is 2. The van der Waals surface area contributed by atoms with Crippen molar-refractivity contribution in [3.8, 4) is 0 Å². The van der Waals surface area contributed by atoms with Gasteiger partial charge in [0.2, 0.25) is 0 Å². The molecule has 0 radical (unpaired) electrons. The zero-order chi connectivity index (χ0) is 18.8. The van der Waals surface area contributed by atoms with Crippen molar-refractivity contribution in [2.45, 2.75) is 40.1 Å². The summed E-state index contributed by atoms with van der Waals surface area (Å²) in [5, 5.41) is 0. The first kappa shape index (κ1) is 19.4. The minimum atomic E-state index is -4.18. The lowest BCUT2D eigenvalue weighted by molar-refractivity contribution is -0.328. The highest BCUT2D eigenvalue weighted by atomic mass is 19.3. The quantitative estimate of drug-likeness (QED) is 0.395. The molecular formula is C18H20F4O3. The Morgan fingerprint density at radius 3 is 2.56 bits per heavy atom. The van der Waals surface area contributed by atoms with E-state index in [-0.39, 0.29) is 22.8 Å². The van der Waals surface area contributed by atoms with Crippen LogP contribution in [0.15, 0.2) is 36.4 Å². The van der Waals surface area contributed by atoms with Crippen LogP contribution in [0.4, 0.5) is 17.6 Å². The van der Waals surface area contributed by atoms with E-state index in [4.69, 9.17) is 4.74 Å². The summed E-state index contributed by atoms with van der Waals surface area (Å²) in [5.74, 6) is -0.821. The summed E-state index contributed by atoms with van der Waals surface area (Å²) in [6, 6.07) is 4.98. The molecule has 2 unspecified atom stereocenters. The van der Waals surface area contributed by atoms with E-state index < -0.39 is 30.9 Å². The number of ether oxygens (including phenoxy) is 2. The molecule has 2 rings (SSSR count). The second-order valence-corrected chi connectivity index (χ2v) is 6.51. The fraction of sp³-hybridized carbons (Fsp3) is 0.500. The molecule has 138 valence electrons. The van der Waals surface area contributed by atoms with Crippen LogP contribution in [0.3, 0.4) is 0 Å². The van der Waals surface area contributed by atoms with E-state index in [1.165, 1.54) is 18.2 Å². The highest BCUT2D eigenvalue weighted by molar-refractivity contribution is 5.78. The van der Waals surface area contributed by atoms with Crippen LogP contribution in [-0.4, -0.2) is 12.6 Å². The average molecular weight is 360 g/mol. The van der Waals surface area contributed by atoms with Gasteiger partial charge < -0.3 is 4.74 Å². The smallest absolute Gasteiger partial charge is 0.387 e. The Morgan fingerprint density at radius 2 is 1.96 bits per heavy atom. The van der Waals surface area contributed by atoms with Crippen LogP contribution in [0.5, 0.6) is 0 Å². The summed E-state index contributed by atoms with van der Waals surface area (Å²) in [7, 11) is 0. The molecule has 25 heavy (non-hydrogen) atoms. The molecule has 3 nitrogen and oxygen atoms in total. The van der Waals surface area contributed by atoms with Crippen LogP contribution in [0.1, 0.15) is 31.9 Å². The molecule has 0 heterocycles. The van der Waals surface area contributed by atoms with Gasteiger partial charge in [0.05, 0.1) is 11.5 Å². The van der Waals surface area contributed by atoms with Gasteiger partial charge in [-0.25, -0.2) is 0 Å². The topological polar surface area (TPSA) is 35.5 Å². The maximum atomic E-state index is 13.8. The number of carbonyl (C=O) groups excluding carboxylic acids is 1. The van der Waals surface area contributed by atoms with Gasteiger partial charge in [0.1, 0.15) is 6.61 Å². The monoisotopic (exact) mass is 360 g/mol. The fourth-order valence-corrected chi connectivity index (χ4v) is 3.04. The van der Waals surface area contributed by atoms with Crippen molar-refractivity contribution in [3.63, 3.8) is 0 Å². The number of hydrogen-bond acceptors (Lipinski definition) is 3. The largest absolute Gasteiger partial charge is 0.461 e. The molecule has 0 saturated heterocycles. The van der Waals surface area contributed by atoms with Crippen LogP contribution in [0.25, 0.3) is 0 Å². The minimum absolute atomic E-state index is 0.0313. The first-order chi connectivity index (χ1) is 11.6. The van der Waals surface area contributed by atoms with Gasteiger partial charge in [-0.2, -0.15) is 17.6 Å². The van der Waals surface area contributed by atoms with Crippen molar-refractivity contribution in [1.82, 2.24) is 0 Å². The van der Waals surface area contributed by atoms with Crippen LogP contribution in [-0.2, 0) is 27.0 Å². The third-order valence-corrected chi connectivity index (χ3v) is 4.50. The van der Waals surface area contributed by atoms with Crippen molar-refractivity contribution >= 4 is 5.97 Å². The molecule has 1 aromatic carbocycles. The van der Waals surface area contributed by atoms with E-state index in [0.29, 0.717) is 0 Å². The Balaban J connectivity index is 2.08. The van der Waals surface area contributed by atoms with Gasteiger partial charge in [-0.15, -0.1) is 0 Å². The van der Waals surface area contributed by atoms with Crippen molar-refractivity contribution in [2.24, 2.45) is 17.3 Å². The lowest BCUT2D eigenvalue weighted by Crippen LogP contribution is -2.23. The molecule has 1 saturated carbocycles. The summed E-state index contributed by atoms with van der Waals surface area (Å²) < 4.78 is 60.5. The van der Waals surface area contributed by atoms with Gasteiger partial charge >= 0.3 is 18.7 Å². The highest BCUT2D eigenvalue weighted by Crippen LogP contribution is 2.59. The number of benzene rings is 1. The van der Waals surface area contributed by atoms with Crippen molar-refractivity contribution < 1.29 is 31.8 Å². The van der Waals surface area contributed by atoms with Gasteiger partial charge in [0, 0.05) is 5.56 Å². The normalized spacial score (nSPS) is 22.4. The second kappa shape index (κ2) is 7.15. The number of halogens is 4. The second-order valence-electron chi connectivity index (χ2n) is 6.51. The Labute approximate surface area is 143 Å². The lowest BCUT2D eigenvalue weighted by Gasteiger charge is -2.19. The third-order valence-electron chi connectivity index (χ3n) is 4.50. The molecule has 1 fully saturated rings. The zero-order valence-electron chi connectivity index (χ0n) is 14.1. The zero-order valence-corrected chi connectivity index (χ0v) is 14.1. The summed E-state index contributed by atoms with van der Waals surface area (Å²) >= 11 is 0. The molecule has 0 aromatic heterocycles. The van der Waals surface area contributed by atoms with Crippen LogP contribution >= 0.6 is 0 Å². The van der Waals surface area contributed by atoms with Gasteiger partial charge in [0.25, 0.3) is 0 Å². The minimum Gasteiger partial charge on any atom is -0.461 e. The number of hydrogen-bond donors (Lipinski definition) is 0. The van der Waals surface area contributed by atoms with Crippen LogP contribution < -0.4 is 0 Å². The first-order valence-corrected chi connectivity index (χ1v) is 7.83. The first-order valence-electron chi connectivity index (χ1n) is 7.83. The summed E-state index contributed by atoms with van der Waals surface area (Å²) in [5.41, 5.74) is -1.09. The predicted molar refractivity (Wildman–Crippen MR) is 82.8 cm³/mol. The SMILES string of the molecule is C/C=C/C1C(C(=O)OCc2ccccc2C(F)(F)OC(F)F)C1(C)C. The molecule has 0 spiro atoms. The molecule has 0 amide bonds. The maximum absolute atomic E-state index is 13.8. The Bertz CT molecular complexity index is 655. The average Bonchev–Trinajstić information content (AvgIpc) is 3.05. The molecule has 1 aliphatic carbocycles. The maximum Gasteiger partial charge on any atom is 0.387 e. The molecule has 2 atom stereocenters. The third kappa shape index (κ3) is 4.21. The van der Waals surface area contributed by atoms with Crippen LogP contribution in [0, 0.1) is 17.3 Å². The molecule has 7 heteroatoms. The Hall–Kier alpha value is -1.89. The van der Waals surface area contributed by atoms with Gasteiger partial charge in [0.15, 0.2) is 0 Å². The van der Waals surface area contributed by atoms with E-state index in [1.54, 1.807) is 0 Å². The highest BCUT2D eigenvalue weighted by Gasteiger charge is 2.61. The Morgan fingerprint density at radius 1 is 1.32 bits per heavy atom. The summed E-state index contributed by atoms with van der Waals surface area (Å²) in [6.07, 6.45) is -0.425. The van der Waals surface area contributed by atoms with Gasteiger partial charge in [-0.1, -0.05) is 44.2 Å². The van der Waals surface area contributed by atoms with Crippen LogP contribution in [0.2, 0.25) is 0 Å². The molecule has 0 bridgehead atoms. The van der Waals surface area contributed by atoms with Gasteiger partial charge in [-0.3, -0.25) is 9.53 Å². The van der Waals surface area contributed by atoms with Gasteiger partial charge in [-0.05, 0) is 24.3 Å². The molecular weight excluding hydrogens is 340 g/mol. The molecule has 1 aliphatic rings. The lowest BCUT2D eigenvalue weighted by atomic mass is 10.1. The van der Waals surface area contributed by atoms with Crippen molar-refractivity contribution in [1.29, 1.82) is 0 Å². The number of alkyl halides is 4. The van der Waals surface area contributed by atoms with E-state index in [1.807, 2.05) is 32.9 Å². The van der Waals surface area contributed by atoms with E-state index >= 15 is 0 Å². The number of carbonyl (C=O) groups is 1. The standard InChI is InChI=1S/C18H20F4O3/c1-4-7-13-14(17(13,2)3)15(23)24-10-11-8-5-6-9-12(11)18(21,22)25-16(19)20/h4-9,13-14,16H,10H2,1-3H3/b7-4+. The summed E-state index contributed by atoms with van der Waals surface area (Å²) in [6.45, 7) is 1.62. The predicted octanol–water partition coefficient (Wildman–Crippen LogP) is 4.87. The number of rotatable bonds is 7. The molecule has 1 aromatic rings. The fourth-order valence-electron chi connectivity index (χ4n) is 3.04. The van der Waals surface area contributed by atoms with Crippen molar-refractivity contribution in [3.05, 3.63) is 47.5 Å². The number of esters is 1. The molecule has 0 aliphatic heterocycles. The van der Waals surface area contributed by atoms with E-state index in [0.717, 1.165) is 6.07 Å². The molecule has 0 N–H and O–H groups in total. The summed E-state index contributed by atoms with van der Waals surface area (Å²) in [4.78, 5) is 12.2. The Kier molecular flexibility index (Phi) is 5.56.